The second-order valence-corrected chi connectivity index (χ2v) is 5.98. The Balaban J connectivity index is 2.57. The van der Waals surface area contributed by atoms with Crippen molar-refractivity contribution >= 4 is 17.3 Å². The third kappa shape index (κ3) is 5.18. The fourth-order valence-corrected chi connectivity index (χ4v) is 2.11. The molecule has 1 heterocycles. The van der Waals surface area contributed by atoms with Crippen molar-refractivity contribution in [1.29, 1.82) is 0 Å². The number of aryl methyl sites for hydroxylation is 1. The first-order valence-corrected chi connectivity index (χ1v) is 6.68. The predicted molar refractivity (Wildman–Crippen MR) is 65.8 cm³/mol. The average Bonchev–Trinajstić information content (AvgIpc) is 2.72. The van der Waals surface area contributed by atoms with E-state index in [0.29, 0.717) is 5.69 Å². The molecule has 0 saturated heterocycles. The lowest BCUT2D eigenvalue weighted by Gasteiger charge is -2.31. The van der Waals surface area contributed by atoms with Crippen LogP contribution >= 0.6 is 11.3 Å². The van der Waals surface area contributed by atoms with Crippen LogP contribution in [0.3, 0.4) is 0 Å². The molecule has 0 radical (unpaired) electrons. The van der Waals surface area contributed by atoms with Crippen LogP contribution in [0.4, 0.5) is 13.2 Å². The van der Waals surface area contributed by atoms with Gasteiger partial charge in [0, 0.05) is 17.2 Å². The van der Waals surface area contributed by atoms with Crippen molar-refractivity contribution in [2.45, 2.75) is 45.9 Å². The van der Waals surface area contributed by atoms with E-state index in [1.165, 1.54) is 32.1 Å². The monoisotopic (exact) mass is 295 g/mol. The maximum Gasteiger partial charge on any atom is 0.426 e. The molecule has 0 aliphatic carbocycles. The Morgan fingerprint density at radius 3 is 2.47 bits per heavy atom. The summed E-state index contributed by atoms with van der Waals surface area (Å²) in [6.45, 7) is 4.16. The number of hydrogen-bond donors (Lipinski definition) is 0. The Labute approximate surface area is 113 Å². The summed E-state index contributed by atoms with van der Waals surface area (Å²) in [5.41, 5.74) is 1.10. The fraction of sp³-hybridized carbons (Fsp3) is 0.667. The molecular formula is C12H16F3NO2S. The smallest absolute Gasteiger partial charge is 0.426 e. The van der Waals surface area contributed by atoms with Crippen LogP contribution in [0.5, 0.6) is 0 Å². The maximum absolute atomic E-state index is 12.8. The molecule has 7 heteroatoms. The van der Waals surface area contributed by atoms with Gasteiger partial charge in [-0.15, -0.1) is 11.3 Å². The van der Waals surface area contributed by atoms with Gasteiger partial charge in [-0.25, -0.2) is 4.98 Å². The second-order valence-electron chi connectivity index (χ2n) is 5.26. The number of thiazole rings is 1. The van der Waals surface area contributed by atoms with Gasteiger partial charge in [0.2, 0.25) is 6.10 Å². The normalized spacial score (nSPS) is 14.2. The van der Waals surface area contributed by atoms with Crippen LogP contribution in [-0.2, 0) is 16.0 Å². The van der Waals surface area contributed by atoms with Gasteiger partial charge in [0.1, 0.15) is 0 Å². The van der Waals surface area contributed by atoms with Crippen LogP contribution in [0.25, 0.3) is 0 Å². The lowest BCUT2D eigenvalue weighted by Crippen LogP contribution is -2.43. The number of ether oxygens (including phenoxy) is 1. The van der Waals surface area contributed by atoms with Gasteiger partial charge < -0.3 is 4.74 Å². The Morgan fingerprint density at radius 2 is 2.05 bits per heavy atom. The third-order valence-corrected chi connectivity index (χ3v) is 3.04. The molecule has 1 rings (SSSR count). The van der Waals surface area contributed by atoms with Gasteiger partial charge >= 0.3 is 12.1 Å². The topological polar surface area (TPSA) is 39.2 Å². The standard InChI is InChI=1S/C12H16F3NO2S/c1-11(2,3)10(12(13,14)15)18-9(17)5-4-8-6-19-7-16-8/h6-7,10H,4-5H2,1-3H3/t10-/m1/s1. The number of nitrogens with zero attached hydrogens (tertiary/aromatic N) is 1. The molecule has 0 N–H and O–H groups in total. The van der Waals surface area contributed by atoms with Gasteiger partial charge in [-0.2, -0.15) is 13.2 Å². The molecule has 0 aliphatic rings. The molecule has 108 valence electrons. The number of carbonyl (C=O) groups is 1. The molecular weight excluding hydrogens is 279 g/mol. The first kappa shape index (κ1) is 15.9. The van der Waals surface area contributed by atoms with Crippen molar-refractivity contribution in [3.05, 3.63) is 16.6 Å². The fourth-order valence-electron chi connectivity index (χ4n) is 1.52. The summed E-state index contributed by atoms with van der Waals surface area (Å²) in [5, 5.41) is 1.75. The van der Waals surface area contributed by atoms with Crippen LogP contribution in [0, 0.1) is 5.41 Å². The molecule has 0 aromatic carbocycles. The first-order chi connectivity index (χ1) is 8.60. The summed E-state index contributed by atoms with van der Waals surface area (Å²) < 4.78 is 43.0. The molecule has 0 bridgehead atoms. The SMILES string of the molecule is CC(C)(C)[C@@H](OC(=O)CCc1cscn1)C(F)(F)F. The minimum Gasteiger partial charge on any atom is -0.452 e. The van der Waals surface area contributed by atoms with E-state index in [0.717, 1.165) is 0 Å². The van der Waals surface area contributed by atoms with Gasteiger partial charge in [-0.1, -0.05) is 20.8 Å². The predicted octanol–water partition coefficient (Wildman–Crippen LogP) is 3.60. The zero-order valence-electron chi connectivity index (χ0n) is 11.0. The van der Waals surface area contributed by atoms with E-state index < -0.39 is 23.7 Å². The van der Waals surface area contributed by atoms with Gasteiger partial charge in [0.05, 0.1) is 17.6 Å². The molecule has 0 spiro atoms. The Kier molecular flexibility index (Phi) is 4.95. The number of alkyl halides is 3. The van der Waals surface area contributed by atoms with Crippen LogP contribution < -0.4 is 0 Å². The molecule has 0 saturated carbocycles. The minimum atomic E-state index is -4.56. The highest BCUT2D eigenvalue weighted by molar-refractivity contribution is 7.07. The zero-order valence-corrected chi connectivity index (χ0v) is 11.8. The molecule has 1 atom stereocenters. The first-order valence-electron chi connectivity index (χ1n) is 5.74. The quantitative estimate of drug-likeness (QED) is 0.797. The van der Waals surface area contributed by atoms with E-state index in [4.69, 9.17) is 0 Å². The summed E-state index contributed by atoms with van der Waals surface area (Å²) in [4.78, 5) is 15.4. The van der Waals surface area contributed by atoms with Gasteiger partial charge in [0.25, 0.3) is 0 Å². The van der Waals surface area contributed by atoms with Crippen LogP contribution in [0.1, 0.15) is 32.9 Å². The molecule has 1 aromatic rings. The van der Waals surface area contributed by atoms with Gasteiger partial charge in [-0.3, -0.25) is 4.79 Å². The molecule has 0 amide bonds. The molecule has 19 heavy (non-hydrogen) atoms. The molecule has 0 aliphatic heterocycles. The summed E-state index contributed by atoms with van der Waals surface area (Å²) in [7, 11) is 0. The highest BCUT2D eigenvalue weighted by atomic mass is 32.1. The summed E-state index contributed by atoms with van der Waals surface area (Å²) in [5.74, 6) is -0.856. The van der Waals surface area contributed by atoms with E-state index in [1.807, 2.05) is 0 Å². The maximum atomic E-state index is 12.8. The minimum absolute atomic E-state index is 0.105. The van der Waals surface area contributed by atoms with E-state index in [9.17, 15) is 18.0 Å². The van der Waals surface area contributed by atoms with Crippen molar-refractivity contribution in [3.63, 3.8) is 0 Å². The van der Waals surface area contributed by atoms with Crippen molar-refractivity contribution in [2.24, 2.45) is 5.41 Å². The lowest BCUT2D eigenvalue weighted by atomic mass is 9.88. The van der Waals surface area contributed by atoms with Crippen LogP contribution in [0.15, 0.2) is 10.9 Å². The summed E-state index contributed by atoms with van der Waals surface area (Å²) in [6.07, 6.45) is -6.47. The van der Waals surface area contributed by atoms with E-state index in [-0.39, 0.29) is 12.8 Å². The zero-order chi connectivity index (χ0) is 14.7. The number of hydrogen-bond acceptors (Lipinski definition) is 4. The molecule has 0 unspecified atom stereocenters. The highest BCUT2D eigenvalue weighted by Crippen LogP contribution is 2.36. The van der Waals surface area contributed by atoms with E-state index >= 15 is 0 Å². The van der Waals surface area contributed by atoms with Gasteiger partial charge in [0.15, 0.2) is 0 Å². The molecule has 0 fully saturated rings. The number of esters is 1. The Morgan fingerprint density at radius 1 is 1.42 bits per heavy atom. The van der Waals surface area contributed by atoms with Crippen molar-refractivity contribution < 1.29 is 22.7 Å². The molecule has 3 nitrogen and oxygen atoms in total. The summed E-state index contributed by atoms with van der Waals surface area (Å²) >= 11 is 1.37. The second kappa shape index (κ2) is 5.90. The van der Waals surface area contributed by atoms with Crippen molar-refractivity contribution in [3.8, 4) is 0 Å². The number of halogens is 3. The Hall–Kier alpha value is -1.11. The van der Waals surface area contributed by atoms with Gasteiger partial charge in [-0.05, 0) is 0 Å². The van der Waals surface area contributed by atoms with Crippen LogP contribution in [0.2, 0.25) is 0 Å². The van der Waals surface area contributed by atoms with E-state index in [1.54, 1.807) is 10.9 Å². The lowest BCUT2D eigenvalue weighted by molar-refractivity contribution is -0.244. The highest BCUT2D eigenvalue weighted by Gasteiger charge is 2.49. The summed E-state index contributed by atoms with van der Waals surface area (Å²) in [6, 6.07) is 0. The number of aromatic nitrogens is 1. The van der Waals surface area contributed by atoms with E-state index in [2.05, 4.69) is 9.72 Å². The largest absolute Gasteiger partial charge is 0.452 e. The average molecular weight is 295 g/mol. The van der Waals surface area contributed by atoms with Crippen molar-refractivity contribution in [2.75, 3.05) is 0 Å². The van der Waals surface area contributed by atoms with Crippen LogP contribution in [-0.4, -0.2) is 23.2 Å². The number of carbonyl (C=O) groups excluding carboxylic acids is 1. The third-order valence-electron chi connectivity index (χ3n) is 2.40. The van der Waals surface area contributed by atoms with Crippen molar-refractivity contribution in [1.82, 2.24) is 4.98 Å². The number of rotatable bonds is 4. The Bertz CT molecular complexity index is 396. The molecule has 1 aromatic heterocycles.